The summed E-state index contributed by atoms with van der Waals surface area (Å²) in [6.07, 6.45) is -1.16. The Labute approximate surface area is 83.4 Å². The molecule has 2 N–H and O–H groups in total. The lowest BCUT2D eigenvalue weighted by Crippen LogP contribution is -2.44. The minimum absolute atomic E-state index is 0.264. The van der Waals surface area contributed by atoms with Crippen LogP contribution in [-0.4, -0.2) is 42.2 Å². The zero-order chi connectivity index (χ0) is 10.8. The van der Waals surface area contributed by atoms with Crippen LogP contribution in [0, 0.1) is 0 Å². The van der Waals surface area contributed by atoms with Gasteiger partial charge in [-0.15, -0.1) is 0 Å². The molecule has 0 unspecified atom stereocenters. The molecule has 82 valence electrons. The Kier molecular flexibility index (Phi) is 3.34. The number of carbonyl (C=O) groups is 1. The summed E-state index contributed by atoms with van der Waals surface area (Å²) in [5.74, 6) is 0. The Balaban J connectivity index is 2.33. The van der Waals surface area contributed by atoms with Crippen LogP contribution in [0.3, 0.4) is 0 Å². The van der Waals surface area contributed by atoms with Gasteiger partial charge < -0.3 is 19.9 Å². The Bertz CT molecular complexity index is 211. The van der Waals surface area contributed by atoms with Gasteiger partial charge in [0.1, 0.15) is 5.60 Å². The van der Waals surface area contributed by atoms with E-state index in [4.69, 9.17) is 9.47 Å². The molecule has 0 aromatic rings. The van der Waals surface area contributed by atoms with Crippen molar-refractivity contribution in [1.29, 1.82) is 0 Å². The summed E-state index contributed by atoms with van der Waals surface area (Å²) in [4.78, 5) is 11.3. The fourth-order valence-corrected chi connectivity index (χ4v) is 1.14. The van der Waals surface area contributed by atoms with Gasteiger partial charge in [0.25, 0.3) is 0 Å². The van der Waals surface area contributed by atoms with Crippen molar-refractivity contribution in [3.8, 4) is 0 Å². The number of rotatable bonds is 1. The van der Waals surface area contributed by atoms with Crippen molar-refractivity contribution in [2.75, 3.05) is 13.2 Å². The maximum atomic E-state index is 11.3. The summed E-state index contributed by atoms with van der Waals surface area (Å²) >= 11 is 0. The van der Waals surface area contributed by atoms with E-state index in [-0.39, 0.29) is 12.6 Å². The number of aliphatic hydroxyl groups is 1. The second-order valence-corrected chi connectivity index (χ2v) is 4.36. The van der Waals surface area contributed by atoms with E-state index in [9.17, 15) is 9.90 Å². The maximum Gasteiger partial charge on any atom is 0.408 e. The third kappa shape index (κ3) is 3.51. The SMILES string of the molecule is CC(C)(C)OC(=O)N[C@H]1COC[C@@H]1O. The normalized spacial score (nSPS) is 27.4. The number of hydrogen-bond donors (Lipinski definition) is 2. The lowest BCUT2D eigenvalue weighted by molar-refractivity contribution is 0.0461. The lowest BCUT2D eigenvalue weighted by Gasteiger charge is -2.22. The molecule has 0 aromatic heterocycles. The Morgan fingerprint density at radius 1 is 1.50 bits per heavy atom. The molecule has 1 aliphatic heterocycles. The molecule has 1 fully saturated rings. The Morgan fingerprint density at radius 3 is 2.57 bits per heavy atom. The molecule has 1 heterocycles. The molecule has 1 amide bonds. The van der Waals surface area contributed by atoms with E-state index in [0.717, 1.165) is 0 Å². The number of carbonyl (C=O) groups excluding carboxylic acids is 1. The third-order valence-corrected chi connectivity index (χ3v) is 1.75. The fraction of sp³-hybridized carbons (Fsp3) is 0.889. The van der Waals surface area contributed by atoms with Gasteiger partial charge in [-0.2, -0.15) is 0 Å². The number of ether oxygens (including phenoxy) is 2. The van der Waals surface area contributed by atoms with Crippen LogP contribution in [0.25, 0.3) is 0 Å². The molecule has 5 heteroatoms. The van der Waals surface area contributed by atoms with Crippen molar-refractivity contribution in [2.45, 2.75) is 38.5 Å². The predicted octanol–water partition coefficient (Wildman–Crippen LogP) is 0.271. The van der Waals surface area contributed by atoms with Gasteiger partial charge in [0, 0.05) is 0 Å². The van der Waals surface area contributed by atoms with Gasteiger partial charge in [-0.1, -0.05) is 0 Å². The second kappa shape index (κ2) is 4.14. The van der Waals surface area contributed by atoms with Crippen LogP contribution in [0.15, 0.2) is 0 Å². The summed E-state index contributed by atoms with van der Waals surface area (Å²) in [6, 6.07) is -0.357. The van der Waals surface area contributed by atoms with Gasteiger partial charge in [0.15, 0.2) is 0 Å². The highest BCUT2D eigenvalue weighted by atomic mass is 16.6. The summed E-state index contributed by atoms with van der Waals surface area (Å²) < 4.78 is 10.0. The number of amides is 1. The molecule has 0 aliphatic carbocycles. The van der Waals surface area contributed by atoms with E-state index in [2.05, 4.69) is 5.32 Å². The first-order valence-electron chi connectivity index (χ1n) is 4.64. The van der Waals surface area contributed by atoms with Crippen molar-refractivity contribution >= 4 is 6.09 Å². The number of aliphatic hydroxyl groups excluding tert-OH is 1. The number of alkyl carbamates (subject to hydrolysis) is 1. The van der Waals surface area contributed by atoms with Crippen LogP contribution < -0.4 is 5.32 Å². The standard InChI is InChI=1S/C9H17NO4/c1-9(2,3)14-8(12)10-6-4-13-5-7(6)11/h6-7,11H,4-5H2,1-3H3,(H,10,12)/t6-,7-/m0/s1. The molecular formula is C9H17NO4. The second-order valence-electron chi connectivity index (χ2n) is 4.36. The predicted molar refractivity (Wildman–Crippen MR) is 50.0 cm³/mol. The highest BCUT2D eigenvalue weighted by Crippen LogP contribution is 2.09. The summed E-state index contributed by atoms with van der Waals surface area (Å²) in [6.45, 7) is 5.96. The lowest BCUT2D eigenvalue weighted by atomic mass is 10.2. The van der Waals surface area contributed by atoms with Gasteiger partial charge in [-0.3, -0.25) is 0 Å². The molecule has 2 atom stereocenters. The van der Waals surface area contributed by atoms with Crippen LogP contribution in [-0.2, 0) is 9.47 Å². The van der Waals surface area contributed by atoms with E-state index < -0.39 is 17.8 Å². The Hall–Kier alpha value is -0.810. The first kappa shape index (κ1) is 11.3. The van der Waals surface area contributed by atoms with Gasteiger partial charge in [0.2, 0.25) is 0 Å². The van der Waals surface area contributed by atoms with Crippen LogP contribution >= 0.6 is 0 Å². The molecule has 1 aliphatic rings. The molecule has 0 saturated carbocycles. The van der Waals surface area contributed by atoms with Crippen LogP contribution in [0.1, 0.15) is 20.8 Å². The topological polar surface area (TPSA) is 67.8 Å². The largest absolute Gasteiger partial charge is 0.444 e. The van der Waals surface area contributed by atoms with E-state index in [1.54, 1.807) is 20.8 Å². The fourth-order valence-electron chi connectivity index (χ4n) is 1.14. The monoisotopic (exact) mass is 203 g/mol. The zero-order valence-electron chi connectivity index (χ0n) is 8.74. The van der Waals surface area contributed by atoms with Gasteiger partial charge in [-0.25, -0.2) is 4.79 Å². The van der Waals surface area contributed by atoms with Crippen LogP contribution in [0.2, 0.25) is 0 Å². The summed E-state index contributed by atoms with van der Waals surface area (Å²) in [5, 5.41) is 11.9. The molecule has 14 heavy (non-hydrogen) atoms. The third-order valence-electron chi connectivity index (χ3n) is 1.75. The highest BCUT2D eigenvalue weighted by Gasteiger charge is 2.29. The quantitative estimate of drug-likeness (QED) is 0.642. The number of hydrogen-bond acceptors (Lipinski definition) is 4. The molecule has 0 aromatic carbocycles. The Morgan fingerprint density at radius 2 is 2.14 bits per heavy atom. The van der Waals surface area contributed by atoms with E-state index in [0.29, 0.717) is 6.61 Å². The first-order chi connectivity index (χ1) is 6.38. The van der Waals surface area contributed by atoms with E-state index in [1.165, 1.54) is 0 Å². The molecule has 1 rings (SSSR count). The smallest absolute Gasteiger partial charge is 0.408 e. The van der Waals surface area contributed by atoms with Gasteiger partial charge >= 0.3 is 6.09 Å². The molecule has 0 radical (unpaired) electrons. The van der Waals surface area contributed by atoms with Crippen molar-refractivity contribution in [3.05, 3.63) is 0 Å². The molecule has 5 nitrogen and oxygen atoms in total. The summed E-state index contributed by atoms with van der Waals surface area (Å²) in [7, 11) is 0. The highest BCUT2D eigenvalue weighted by molar-refractivity contribution is 5.68. The number of nitrogens with one attached hydrogen (secondary N) is 1. The molecule has 1 saturated heterocycles. The van der Waals surface area contributed by atoms with E-state index in [1.807, 2.05) is 0 Å². The zero-order valence-corrected chi connectivity index (χ0v) is 8.74. The van der Waals surface area contributed by atoms with Gasteiger partial charge in [0.05, 0.1) is 25.4 Å². The molecule has 0 spiro atoms. The average Bonchev–Trinajstić information content (AvgIpc) is 2.32. The minimum Gasteiger partial charge on any atom is -0.444 e. The van der Waals surface area contributed by atoms with Crippen molar-refractivity contribution in [1.82, 2.24) is 5.32 Å². The molecule has 0 bridgehead atoms. The minimum atomic E-state index is -0.637. The van der Waals surface area contributed by atoms with Crippen molar-refractivity contribution in [3.63, 3.8) is 0 Å². The maximum absolute atomic E-state index is 11.3. The summed E-state index contributed by atoms with van der Waals surface area (Å²) in [5.41, 5.74) is -0.519. The average molecular weight is 203 g/mol. The van der Waals surface area contributed by atoms with Crippen LogP contribution in [0.4, 0.5) is 4.79 Å². The molecular weight excluding hydrogens is 186 g/mol. The van der Waals surface area contributed by atoms with Crippen molar-refractivity contribution in [2.24, 2.45) is 0 Å². The van der Waals surface area contributed by atoms with Crippen molar-refractivity contribution < 1.29 is 19.4 Å². The van der Waals surface area contributed by atoms with Crippen LogP contribution in [0.5, 0.6) is 0 Å². The van der Waals surface area contributed by atoms with E-state index >= 15 is 0 Å². The first-order valence-corrected chi connectivity index (χ1v) is 4.64. The van der Waals surface area contributed by atoms with Gasteiger partial charge in [-0.05, 0) is 20.8 Å².